The molecule has 3 atom stereocenters. The van der Waals surface area contributed by atoms with Gasteiger partial charge in [0.1, 0.15) is 11.9 Å². The molecular formula is C15H21F2N3O6. The summed E-state index contributed by atoms with van der Waals surface area (Å²) in [7, 11) is 0. The fraction of sp³-hybridized carbons (Fsp3) is 0.667. The zero-order valence-electron chi connectivity index (χ0n) is 14.1. The molecule has 0 aromatic carbocycles. The summed E-state index contributed by atoms with van der Waals surface area (Å²) in [6.45, 7) is 1.37. The highest BCUT2D eigenvalue weighted by molar-refractivity contribution is 5.83. The van der Waals surface area contributed by atoms with E-state index in [0.717, 1.165) is 25.1 Å². The summed E-state index contributed by atoms with van der Waals surface area (Å²) in [4.78, 5) is 27.0. The first-order valence-corrected chi connectivity index (χ1v) is 8.16. The van der Waals surface area contributed by atoms with E-state index in [4.69, 9.17) is 14.6 Å². The third-order valence-electron chi connectivity index (χ3n) is 3.85. The quantitative estimate of drug-likeness (QED) is 0.603. The van der Waals surface area contributed by atoms with Gasteiger partial charge in [0.25, 0.3) is 0 Å². The van der Waals surface area contributed by atoms with Crippen molar-refractivity contribution in [3.63, 3.8) is 0 Å². The number of unbranched alkanes of at least 4 members (excludes halogenated alkanes) is 2. The van der Waals surface area contributed by atoms with E-state index < -0.39 is 42.7 Å². The second kappa shape index (κ2) is 8.52. The SMILES string of the molecule is CCCCCOC(=O)Nc1ccn([C@@H]2O[C@H](CO)[C@@H](O)C2(F)F)c(=O)n1. The van der Waals surface area contributed by atoms with Crippen LogP contribution in [0, 0.1) is 0 Å². The summed E-state index contributed by atoms with van der Waals surface area (Å²) in [5, 5.41) is 20.7. The molecule has 1 aromatic heterocycles. The molecule has 0 unspecified atom stereocenters. The molecule has 1 fully saturated rings. The van der Waals surface area contributed by atoms with Gasteiger partial charge in [-0.25, -0.2) is 9.59 Å². The summed E-state index contributed by atoms with van der Waals surface area (Å²) >= 11 is 0. The van der Waals surface area contributed by atoms with E-state index in [-0.39, 0.29) is 12.4 Å². The van der Waals surface area contributed by atoms with Gasteiger partial charge in [0.15, 0.2) is 6.10 Å². The number of alkyl halides is 2. The molecule has 9 nitrogen and oxygen atoms in total. The zero-order chi connectivity index (χ0) is 19.3. The van der Waals surface area contributed by atoms with E-state index in [1.807, 2.05) is 6.92 Å². The summed E-state index contributed by atoms with van der Waals surface area (Å²) in [6, 6.07) is 1.12. The first-order chi connectivity index (χ1) is 12.3. The van der Waals surface area contributed by atoms with Crippen molar-refractivity contribution in [2.75, 3.05) is 18.5 Å². The molecule has 0 aliphatic carbocycles. The lowest BCUT2D eigenvalue weighted by Gasteiger charge is -2.21. The number of amides is 1. The number of ether oxygens (including phenoxy) is 2. The number of nitrogens with one attached hydrogen (secondary N) is 1. The molecule has 0 saturated carbocycles. The van der Waals surface area contributed by atoms with Crippen LogP contribution in [0.25, 0.3) is 0 Å². The highest BCUT2D eigenvalue weighted by Gasteiger charge is 2.59. The third-order valence-corrected chi connectivity index (χ3v) is 3.85. The van der Waals surface area contributed by atoms with Crippen molar-refractivity contribution >= 4 is 11.9 Å². The molecule has 1 aliphatic rings. The normalized spacial score (nSPS) is 24.4. The van der Waals surface area contributed by atoms with Crippen LogP contribution in [0.5, 0.6) is 0 Å². The predicted octanol–water partition coefficient (Wildman–Crippen LogP) is 0.868. The maximum absolute atomic E-state index is 14.1. The molecule has 2 heterocycles. The van der Waals surface area contributed by atoms with Crippen molar-refractivity contribution in [2.24, 2.45) is 0 Å². The lowest BCUT2D eigenvalue weighted by molar-refractivity contribution is -0.140. The fourth-order valence-electron chi connectivity index (χ4n) is 2.44. The van der Waals surface area contributed by atoms with Gasteiger partial charge in [0.2, 0.25) is 6.23 Å². The Morgan fingerprint density at radius 1 is 1.50 bits per heavy atom. The van der Waals surface area contributed by atoms with Crippen LogP contribution in [-0.2, 0) is 9.47 Å². The number of hydrogen-bond donors (Lipinski definition) is 3. The molecule has 11 heteroatoms. The van der Waals surface area contributed by atoms with E-state index in [9.17, 15) is 23.5 Å². The average Bonchev–Trinajstić information content (AvgIpc) is 2.82. The second-order valence-electron chi connectivity index (χ2n) is 5.80. The molecule has 1 amide bonds. The molecule has 3 N–H and O–H groups in total. The molecule has 1 saturated heterocycles. The zero-order valence-corrected chi connectivity index (χ0v) is 14.1. The predicted molar refractivity (Wildman–Crippen MR) is 84.9 cm³/mol. The van der Waals surface area contributed by atoms with Crippen molar-refractivity contribution < 1.29 is 33.3 Å². The van der Waals surface area contributed by atoms with Gasteiger partial charge in [0.05, 0.1) is 13.2 Å². The fourth-order valence-corrected chi connectivity index (χ4v) is 2.44. The number of halogens is 2. The van der Waals surface area contributed by atoms with Crippen LogP contribution >= 0.6 is 0 Å². The van der Waals surface area contributed by atoms with Gasteiger partial charge in [-0.1, -0.05) is 19.8 Å². The average molecular weight is 377 g/mol. The Labute approximate surface area is 147 Å². The van der Waals surface area contributed by atoms with Crippen LogP contribution in [-0.4, -0.2) is 57.2 Å². The van der Waals surface area contributed by atoms with Crippen LogP contribution in [0.2, 0.25) is 0 Å². The van der Waals surface area contributed by atoms with Crippen molar-refractivity contribution in [2.45, 2.75) is 50.5 Å². The monoisotopic (exact) mass is 377 g/mol. The van der Waals surface area contributed by atoms with E-state index >= 15 is 0 Å². The summed E-state index contributed by atoms with van der Waals surface area (Å²) < 4.78 is 38.3. The first kappa shape index (κ1) is 20.2. The smallest absolute Gasteiger partial charge is 0.412 e. The number of hydrogen-bond acceptors (Lipinski definition) is 7. The van der Waals surface area contributed by atoms with Crippen molar-refractivity contribution in [3.05, 3.63) is 22.7 Å². The molecule has 0 radical (unpaired) electrons. The number of nitrogens with zero attached hydrogens (tertiary/aromatic N) is 2. The molecule has 26 heavy (non-hydrogen) atoms. The number of aliphatic hydroxyl groups is 2. The van der Waals surface area contributed by atoms with Crippen LogP contribution in [0.1, 0.15) is 32.4 Å². The van der Waals surface area contributed by atoms with Crippen LogP contribution in [0.3, 0.4) is 0 Å². The van der Waals surface area contributed by atoms with Crippen molar-refractivity contribution in [1.82, 2.24) is 9.55 Å². The van der Waals surface area contributed by atoms with E-state index in [1.165, 1.54) is 0 Å². The maximum Gasteiger partial charge on any atom is 0.412 e. The number of carbonyl (C=O) groups excluding carboxylic acids is 1. The van der Waals surface area contributed by atoms with Crippen LogP contribution in [0.15, 0.2) is 17.1 Å². The summed E-state index contributed by atoms with van der Waals surface area (Å²) in [6.07, 6.45) is -3.22. The molecule has 146 valence electrons. The number of carbonyl (C=O) groups is 1. The standard InChI is InChI=1S/C15H21F2N3O6/c1-2-3-4-7-25-14(24)19-10-5-6-20(13(23)18-10)12-15(16,17)11(22)9(8-21)26-12/h5-6,9,11-12,21-22H,2-4,7-8H2,1H3,(H,18,19,23,24)/t9-,11-,12-/m1/s1. The number of aromatic nitrogens is 2. The van der Waals surface area contributed by atoms with E-state index in [0.29, 0.717) is 11.0 Å². The van der Waals surface area contributed by atoms with Gasteiger partial charge in [0, 0.05) is 6.20 Å². The molecule has 0 bridgehead atoms. The topological polar surface area (TPSA) is 123 Å². The highest BCUT2D eigenvalue weighted by atomic mass is 19.3. The van der Waals surface area contributed by atoms with Crippen molar-refractivity contribution in [3.8, 4) is 0 Å². The molecule has 1 aromatic rings. The molecular weight excluding hydrogens is 356 g/mol. The van der Waals surface area contributed by atoms with Gasteiger partial charge in [-0.3, -0.25) is 9.88 Å². The lowest BCUT2D eigenvalue weighted by Crippen LogP contribution is -2.41. The van der Waals surface area contributed by atoms with Gasteiger partial charge in [-0.2, -0.15) is 13.8 Å². The molecule has 0 spiro atoms. The Hall–Kier alpha value is -2.11. The summed E-state index contributed by atoms with van der Waals surface area (Å²) in [5.41, 5.74) is -1.12. The number of anilines is 1. The third kappa shape index (κ3) is 4.34. The van der Waals surface area contributed by atoms with Gasteiger partial charge in [-0.05, 0) is 12.5 Å². The molecule has 2 rings (SSSR count). The summed E-state index contributed by atoms with van der Waals surface area (Å²) in [5.74, 6) is -3.97. The van der Waals surface area contributed by atoms with Gasteiger partial charge < -0.3 is 19.7 Å². The van der Waals surface area contributed by atoms with E-state index in [2.05, 4.69) is 10.3 Å². The number of rotatable bonds is 7. The first-order valence-electron chi connectivity index (χ1n) is 8.16. The Kier molecular flexibility index (Phi) is 6.62. The van der Waals surface area contributed by atoms with Gasteiger partial charge >= 0.3 is 17.7 Å². The largest absolute Gasteiger partial charge is 0.449 e. The Morgan fingerprint density at radius 3 is 2.81 bits per heavy atom. The Balaban J connectivity index is 2.06. The minimum absolute atomic E-state index is 0.174. The molecule has 1 aliphatic heterocycles. The minimum atomic E-state index is -3.80. The number of aliphatic hydroxyl groups excluding tert-OH is 2. The lowest BCUT2D eigenvalue weighted by atomic mass is 10.1. The maximum atomic E-state index is 14.1. The minimum Gasteiger partial charge on any atom is -0.449 e. The Bertz CT molecular complexity index is 684. The van der Waals surface area contributed by atoms with E-state index in [1.54, 1.807) is 0 Å². The highest BCUT2D eigenvalue weighted by Crippen LogP contribution is 2.41. The Morgan fingerprint density at radius 2 is 2.23 bits per heavy atom. The van der Waals surface area contributed by atoms with Gasteiger partial charge in [-0.15, -0.1) is 0 Å². The van der Waals surface area contributed by atoms with Crippen molar-refractivity contribution in [1.29, 1.82) is 0 Å². The second-order valence-corrected chi connectivity index (χ2v) is 5.80. The van der Waals surface area contributed by atoms with Crippen LogP contribution < -0.4 is 11.0 Å². The van der Waals surface area contributed by atoms with Crippen LogP contribution in [0.4, 0.5) is 19.4 Å².